The molecule has 0 saturated carbocycles. The molecule has 0 spiro atoms. The van der Waals surface area contributed by atoms with Crippen molar-refractivity contribution in [1.82, 2.24) is 15.1 Å². The topological polar surface area (TPSA) is 122 Å². The molecule has 2 aliphatic rings. The van der Waals surface area contributed by atoms with E-state index >= 15 is 0 Å². The van der Waals surface area contributed by atoms with Crippen molar-refractivity contribution in [3.63, 3.8) is 0 Å². The molecule has 2 heterocycles. The van der Waals surface area contributed by atoms with Crippen LogP contribution in [0, 0.1) is 0 Å². The van der Waals surface area contributed by atoms with Crippen LogP contribution in [0.5, 0.6) is 0 Å². The van der Waals surface area contributed by atoms with Crippen LogP contribution in [0.2, 0.25) is 0 Å². The Bertz CT molecular complexity index is 838. The van der Waals surface area contributed by atoms with Gasteiger partial charge in [0.1, 0.15) is 11.5 Å². The van der Waals surface area contributed by atoms with Gasteiger partial charge in [0.15, 0.2) is 12.8 Å². The zero-order valence-electron chi connectivity index (χ0n) is 20.8. The summed E-state index contributed by atoms with van der Waals surface area (Å²) in [6, 6.07) is -2.34. The van der Waals surface area contributed by atoms with Gasteiger partial charge in [0.2, 0.25) is 17.7 Å². The van der Waals surface area contributed by atoms with Gasteiger partial charge in [-0.1, -0.05) is 44.4 Å². The second-order valence-electron chi connectivity index (χ2n) is 8.78. The summed E-state index contributed by atoms with van der Waals surface area (Å²) in [6.45, 7) is 7.73. The standard InChI is InChI=1S/C24H35Cl2N3O7/c1-4-6-7-8-16(35-5-2)9-10-17(30)27-20-22(26)29(23(20)33)21(15(3)13-25)24(34)36-14-28-18(31)11-12-19(28)32/h16,20-22H,3-14H2,1-2H3,(H,27,30). The first kappa shape index (κ1) is 30.1. The van der Waals surface area contributed by atoms with Gasteiger partial charge in [0.05, 0.1) is 6.10 Å². The number of ether oxygens (including phenoxy) is 2. The smallest absolute Gasteiger partial charge is 0.335 e. The fourth-order valence-electron chi connectivity index (χ4n) is 4.11. The molecule has 202 valence electrons. The highest BCUT2D eigenvalue weighted by Crippen LogP contribution is 2.30. The minimum Gasteiger partial charge on any atom is -0.442 e. The number of carbonyl (C=O) groups excluding carboxylic acids is 5. The number of rotatable bonds is 16. The van der Waals surface area contributed by atoms with E-state index in [4.69, 9.17) is 32.7 Å². The van der Waals surface area contributed by atoms with Crippen LogP contribution in [0.25, 0.3) is 0 Å². The number of halogens is 2. The van der Waals surface area contributed by atoms with Crippen LogP contribution in [-0.4, -0.2) is 82.3 Å². The summed E-state index contributed by atoms with van der Waals surface area (Å²) in [5.74, 6) is -2.92. The van der Waals surface area contributed by atoms with Crippen LogP contribution in [0.1, 0.15) is 65.2 Å². The van der Waals surface area contributed by atoms with Crippen molar-refractivity contribution in [2.24, 2.45) is 0 Å². The SMILES string of the molecule is C=C(CCl)C(C(=O)OCN1C(=O)CCC1=O)N1C(=O)C(NC(=O)CCC(CCCCC)OCC)C1Cl. The van der Waals surface area contributed by atoms with Crippen LogP contribution < -0.4 is 5.32 Å². The van der Waals surface area contributed by atoms with Crippen molar-refractivity contribution in [3.05, 3.63) is 12.2 Å². The number of nitrogens with one attached hydrogen (secondary N) is 1. The van der Waals surface area contributed by atoms with Gasteiger partial charge in [-0.25, -0.2) is 9.69 Å². The van der Waals surface area contributed by atoms with Crippen molar-refractivity contribution < 1.29 is 33.4 Å². The molecule has 1 N–H and O–H groups in total. The molecule has 0 aromatic rings. The third-order valence-electron chi connectivity index (χ3n) is 6.15. The van der Waals surface area contributed by atoms with Crippen LogP contribution in [0.4, 0.5) is 0 Å². The number of hydrogen-bond donors (Lipinski definition) is 1. The molecule has 10 nitrogen and oxygen atoms in total. The predicted octanol–water partition coefficient (Wildman–Crippen LogP) is 2.46. The van der Waals surface area contributed by atoms with Crippen LogP contribution in [0.15, 0.2) is 12.2 Å². The van der Waals surface area contributed by atoms with E-state index in [-0.39, 0.29) is 42.7 Å². The molecule has 0 bridgehead atoms. The van der Waals surface area contributed by atoms with E-state index in [1.165, 1.54) is 0 Å². The summed E-state index contributed by atoms with van der Waals surface area (Å²) in [5.41, 5.74) is -0.891. The van der Waals surface area contributed by atoms with Gasteiger partial charge < -0.3 is 19.7 Å². The van der Waals surface area contributed by atoms with E-state index in [0.29, 0.717) is 13.0 Å². The molecule has 4 atom stereocenters. The number of nitrogens with zero attached hydrogens (tertiary/aromatic N) is 2. The first-order valence-corrected chi connectivity index (χ1v) is 13.2. The lowest BCUT2D eigenvalue weighted by Gasteiger charge is -2.47. The zero-order valence-corrected chi connectivity index (χ0v) is 22.3. The Morgan fingerprint density at radius 3 is 2.36 bits per heavy atom. The van der Waals surface area contributed by atoms with Gasteiger partial charge in [-0.05, 0) is 25.3 Å². The molecule has 0 radical (unpaired) electrons. The highest BCUT2D eigenvalue weighted by atomic mass is 35.5. The number of hydrogen-bond acceptors (Lipinski definition) is 7. The maximum absolute atomic E-state index is 12.8. The summed E-state index contributed by atoms with van der Waals surface area (Å²) in [7, 11) is 0. The van der Waals surface area contributed by atoms with Crippen molar-refractivity contribution in [2.45, 2.75) is 88.9 Å². The highest BCUT2D eigenvalue weighted by Gasteiger charge is 2.53. The second kappa shape index (κ2) is 14.5. The van der Waals surface area contributed by atoms with Crippen molar-refractivity contribution in [3.8, 4) is 0 Å². The fourth-order valence-corrected chi connectivity index (χ4v) is 4.63. The maximum Gasteiger partial charge on any atom is 0.335 e. The first-order valence-electron chi connectivity index (χ1n) is 12.3. The fraction of sp³-hybridized carbons (Fsp3) is 0.708. The molecule has 4 unspecified atom stereocenters. The Kier molecular flexibility index (Phi) is 12.1. The van der Waals surface area contributed by atoms with Crippen LogP contribution >= 0.6 is 23.2 Å². The molecule has 0 aromatic carbocycles. The third-order valence-corrected chi connectivity index (χ3v) is 6.96. The average molecular weight is 548 g/mol. The van der Waals surface area contributed by atoms with Gasteiger partial charge in [0.25, 0.3) is 5.91 Å². The summed E-state index contributed by atoms with van der Waals surface area (Å²) < 4.78 is 10.8. The predicted molar refractivity (Wildman–Crippen MR) is 133 cm³/mol. The normalized spacial score (nSPS) is 21.3. The van der Waals surface area contributed by atoms with Gasteiger partial charge in [-0.15, -0.1) is 11.6 Å². The molecule has 12 heteroatoms. The van der Waals surface area contributed by atoms with Gasteiger partial charge in [-0.2, -0.15) is 0 Å². The summed E-state index contributed by atoms with van der Waals surface area (Å²) in [5, 5.41) is 2.62. The van der Waals surface area contributed by atoms with Crippen LogP contribution in [0.3, 0.4) is 0 Å². The number of alkyl halides is 2. The van der Waals surface area contributed by atoms with E-state index in [1.807, 2.05) is 6.92 Å². The quantitative estimate of drug-likeness (QED) is 0.0598. The Morgan fingerprint density at radius 1 is 1.14 bits per heavy atom. The maximum atomic E-state index is 12.8. The number of carbonyl (C=O) groups is 5. The molecule has 0 aliphatic carbocycles. The molecule has 4 amide bonds. The second-order valence-corrected chi connectivity index (χ2v) is 9.49. The van der Waals surface area contributed by atoms with Gasteiger partial charge in [-0.3, -0.25) is 19.2 Å². The molecule has 36 heavy (non-hydrogen) atoms. The van der Waals surface area contributed by atoms with E-state index in [2.05, 4.69) is 18.8 Å². The minimum absolute atomic E-state index is 0.0340. The summed E-state index contributed by atoms with van der Waals surface area (Å²) in [6.07, 6.45) is 4.82. The number of likely N-dealkylation sites (tertiary alicyclic amines) is 2. The summed E-state index contributed by atoms with van der Waals surface area (Å²) in [4.78, 5) is 63.5. The Morgan fingerprint density at radius 2 is 1.81 bits per heavy atom. The summed E-state index contributed by atoms with van der Waals surface area (Å²) >= 11 is 12.2. The molecule has 2 aliphatic heterocycles. The molecule has 0 aromatic heterocycles. The van der Waals surface area contributed by atoms with Crippen molar-refractivity contribution in [2.75, 3.05) is 19.2 Å². The largest absolute Gasteiger partial charge is 0.442 e. The molecule has 2 rings (SSSR count). The van der Waals surface area contributed by atoms with E-state index in [1.54, 1.807) is 0 Å². The number of esters is 1. The lowest BCUT2D eigenvalue weighted by molar-refractivity contribution is -0.167. The third kappa shape index (κ3) is 7.66. The number of unbranched alkanes of at least 4 members (excludes halogenated alkanes) is 2. The lowest BCUT2D eigenvalue weighted by atomic mass is 9.99. The van der Waals surface area contributed by atoms with Crippen molar-refractivity contribution in [1.29, 1.82) is 0 Å². The number of amides is 4. The van der Waals surface area contributed by atoms with Crippen LogP contribution in [-0.2, 0) is 33.4 Å². The Balaban J connectivity index is 1.93. The number of imide groups is 1. The van der Waals surface area contributed by atoms with Gasteiger partial charge >= 0.3 is 5.97 Å². The minimum atomic E-state index is -1.32. The first-order chi connectivity index (χ1) is 17.2. The van der Waals surface area contributed by atoms with E-state index in [9.17, 15) is 24.0 Å². The zero-order chi connectivity index (χ0) is 26.8. The molecule has 2 saturated heterocycles. The van der Waals surface area contributed by atoms with Gasteiger partial charge in [0, 0.05) is 31.7 Å². The van der Waals surface area contributed by atoms with E-state index < -0.39 is 48.0 Å². The Hall–Kier alpha value is -2.17. The van der Waals surface area contributed by atoms with Crippen molar-refractivity contribution >= 4 is 52.8 Å². The Labute approximate surface area is 221 Å². The lowest BCUT2D eigenvalue weighted by Crippen LogP contribution is -2.72. The number of β-lactam (4-membered cyclic amide) rings is 1. The molecule has 2 fully saturated rings. The highest BCUT2D eigenvalue weighted by molar-refractivity contribution is 6.27. The molecular formula is C24H35Cl2N3O7. The molecular weight excluding hydrogens is 513 g/mol. The monoisotopic (exact) mass is 547 g/mol. The van der Waals surface area contributed by atoms with E-state index in [0.717, 1.165) is 35.5 Å². The average Bonchev–Trinajstić information content (AvgIpc) is 3.18.